The van der Waals surface area contributed by atoms with E-state index in [1.54, 1.807) is 31.5 Å². The van der Waals surface area contributed by atoms with E-state index in [1.165, 1.54) is 0 Å². The van der Waals surface area contributed by atoms with Gasteiger partial charge in [0.15, 0.2) is 4.77 Å². The van der Waals surface area contributed by atoms with E-state index in [-0.39, 0.29) is 0 Å². The second-order valence-electron chi connectivity index (χ2n) is 3.77. The van der Waals surface area contributed by atoms with Crippen LogP contribution in [0.2, 0.25) is 0 Å². The van der Waals surface area contributed by atoms with Gasteiger partial charge in [-0.2, -0.15) is 5.26 Å². The standard InChI is InChI=1S/C13H11N3OS/c1-8-7-15-13(18)16-12(8)10-5-9(6-14)3-4-11(10)17-2/h3-5,7H,1-2H3,(H,15,16,18). The van der Waals surface area contributed by atoms with Gasteiger partial charge in [-0.1, -0.05) is 0 Å². The Morgan fingerprint density at radius 2 is 2.22 bits per heavy atom. The molecule has 1 aromatic carbocycles. The quantitative estimate of drug-likeness (QED) is 0.840. The molecule has 18 heavy (non-hydrogen) atoms. The number of H-pyrrole nitrogens is 1. The largest absolute Gasteiger partial charge is 0.496 e. The van der Waals surface area contributed by atoms with Gasteiger partial charge >= 0.3 is 0 Å². The zero-order chi connectivity index (χ0) is 13.1. The number of benzene rings is 1. The van der Waals surface area contributed by atoms with Crippen LogP contribution in [0.15, 0.2) is 24.4 Å². The maximum atomic E-state index is 8.96. The van der Waals surface area contributed by atoms with Crippen molar-refractivity contribution in [3.63, 3.8) is 0 Å². The summed E-state index contributed by atoms with van der Waals surface area (Å²) in [5.41, 5.74) is 3.14. The summed E-state index contributed by atoms with van der Waals surface area (Å²) in [7, 11) is 1.59. The summed E-state index contributed by atoms with van der Waals surface area (Å²) in [6.07, 6.45) is 1.70. The van der Waals surface area contributed by atoms with Crippen molar-refractivity contribution < 1.29 is 4.74 Å². The SMILES string of the molecule is COc1ccc(C#N)cc1-c1[nH]c(=S)ncc1C. The van der Waals surface area contributed by atoms with Crippen LogP contribution in [0.3, 0.4) is 0 Å². The van der Waals surface area contributed by atoms with E-state index in [4.69, 9.17) is 22.2 Å². The van der Waals surface area contributed by atoms with Crippen molar-refractivity contribution in [2.24, 2.45) is 0 Å². The lowest BCUT2D eigenvalue weighted by atomic mass is 10.0. The first-order chi connectivity index (χ1) is 8.65. The molecule has 0 spiro atoms. The molecule has 0 saturated heterocycles. The molecule has 5 heteroatoms. The molecule has 0 amide bonds. The molecule has 4 nitrogen and oxygen atoms in total. The number of aromatic amines is 1. The average Bonchev–Trinajstić information content (AvgIpc) is 2.40. The van der Waals surface area contributed by atoms with E-state index >= 15 is 0 Å². The van der Waals surface area contributed by atoms with Crippen LogP contribution in [0, 0.1) is 23.0 Å². The Hall–Kier alpha value is -2.19. The van der Waals surface area contributed by atoms with Gasteiger partial charge < -0.3 is 9.72 Å². The number of aryl methyl sites for hydroxylation is 1. The summed E-state index contributed by atoms with van der Waals surface area (Å²) in [5.74, 6) is 0.689. The van der Waals surface area contributed by atoms with Gasteiger partial charge in [0.1, 0.15) is 5.75 Å². The molecule has 1 N–H and O–H groups in total. The van der Waals surface area contributed by atoms with Crippen LogP contribution in [-0.4, -0.2) is 17.1 Å². The van der Waals surface area contributed by atoms with Crippen LogP contribution in [0.5, 0.6) is 5.75 Å². The second-order valence-corrected chi connectivity index (χ2v) is 4.16. The summed E-state index contributed by atoms with van der Waals surface area (Å²) < 4.78 is 5.71. The normalized spacial score (nSPS) is 9.83. The zero-order valence-corrected chi connectivity index (χ0v) is 10.8. The first-order valence-electron chi connectivity index (χ1n) is 5.30. The third kappa shape index (κ3) is 2.24. The molecule has 0 radical (unpaired) electrons. The second kappa shape index (κ2) is 4.98. The van der Waals surface area contributed by atoms with Gasteiger partial charge in [0.25, 0.3) is 0 Å². The molecule has 0 bridgehead atoms. The van der Waals surface area contributed by atoms with E-state index in [0.29, 0.717) is 16.1 Å². The summed E-state index contributed by atoms with van der Waals surface area (Å²) in [6.45, 7) is 1.92. The number of aromatic nitrogens is 2. The number of nitriles is 1. The van der Waals surface area contributed by atoms with E-state index in [1.807, 2.05) is 6.92 Å². The molecule has 90 valence electrons. The topological polar surface area (TPSA) is 61.7 Å². The molecule has 0 fully saturated rings. The van der Waals surface area contributed by atoms with Gasteiger partial charge in [-0.15, -0.1) is 0 Å². The fourth-order valence-corrected chi connectivity index (χ4v) is 1.87. The van der Waals surface area contributed by atoms with Gasteiger partial charge in [-0.05, 0) is 42.9 Å². The van der Waals surface area contributed by atoms with Crippen molar-refractivity contribution in [2.75, 3.05) is 7.11 Å². The number of hydrogen-bond acceptors (Lipinski definition) is 4. The Bertz CT molecular complexity index is 685. The monoisotopic (exact) mass is 257 g/mol. The van der Waals surface area contributed by atoms with Crippen LogP contribution in [0.25, 0.3) is 11.3 Å². The molecule has 0 aliphatic rings. The summed E-state index contributed by atoms with van der Waals surface area (Å²) in [6, 6.07) is 7.37. The fraction of sp³-hybridized carbons (Fsp3) is 0.154. The van der Waals surface area contributed by atoms with Gasteiger partial charge in [0, 0.05) is 11.8 Å². The summed E-state index contributed by atoms with van der Waals surface area (Å²) in [4.78, 5) is 7.05. The lowest BCUT2D eigenvalue weighted by Gasteiger charge is -2.10. The lowest BCUT2D eigenvalue weighted by molar-refractivity contribution is 0.416. The Labute approximate surface area is 110 Å². The number of rotatable bonds is 2. The van der Waals surface area contributed by atoms with Crippen LogP contribution in [-0.2, 0) is 0 Å². The number of nitrogens with one attached hydrogen (secondary N) is 1. The van der Waals surface area contributed by atoms with Gasteiger partial charge in [-0.3, -0.25) is 0 Å². The predicted octanol–water partition coefficient (Wildman–Crippen LogP) is 2.99. The number of hydrogen-bond donors (Lipinski definition) is 1. The number of nitrogens with zero attached hydrogens (tertiary/aromatic N) is 2. The molecule has 2 aromatic rings. The van der Waals surface area contributed by atoms with Crippen molar-refractivity contribution >= 4 is 12.2 Å². The summed E-state index contributed by atoms with van der Waals surface area (Å²) >= 11 is 5.03. The lowest BCUT2D eigenvalue weighted by Crippen LogP contribution is -1.95. The van der Waals surface area contributed by atoms with E-state index in [2.05, 4.69) is 16.0 Å². The zero-order valence-electron chi connectivity index (χ0n) is 10.0. The van der Waals surface area contributed by atoms with Crippen molar-refractivity contribution in [3.8, 4) is 23.1 Å². The highest BCUT2D eigenvalue weighted by Gasteiger charge is 2.10. The summed E-state index contributed by atoms with van der Waals surface area (Å²) in [5, 5.41) is 8.96. The first kappa shape index (κ1) is 12.3. The molecule has 2 rings (SSSR count). The highest BCUT2D eigenvalue weighted by Crippen LogP contribution is 2.31. The third-order valence-corrected chi connectivity index (χ3v) is 2.81. The molecule has 0 atom stereocenters. The van der Waals surface area contributed by atoms with Crippen LogP contribution in [0.1, 0.15) is 11.1 Å². The van der Waals surface area contributed by atoms with Crippen molar-refractivity contribution in [1.29, 1.82) is 5.26 Å². The minimum absolute atomic E-state index is 0.403. The molecule has 1 heterocycles. The predicted molar refractivity (Wildman–Crippen MR) is 70.9 cm³/mol. The van der Waals surface area contributed by atoms with Crippen molar-refractivity contribution in [3.05, 3.63) is 40.3 Å². The Morgan fingerprint density at radius 1 is 1.44 bits per heavy atom. The van der Waals surface area contributed by atoms with Gasteiger partial charge in [0.2, 0.25) is 0 Å². The highest BCUT2D eigenvalue weighted by atomic mass is 32.1. The molecule has 0 saturated carbocycles. The molecular weight excluding hydrogens is 246 g/mol. The van der Waals surface area contributed by atoms with Crippen LogP contribution in [0.4, 0.5) is 0 Å². The van der Waals surface area contributed by atoms with Crippen LogP contribution >= 0.6 is 12.2 Å². The number of methoxy groups -OCH3 is 1. The smallest absolute Gasteiger partial charge is 0.197 e. The minimum atomic E-state index is 0.403. The first-order valence-corrected chi connectivity index (χ1v) is 5.71. The van der Waals surface area contributed by atoms with Crippen molar-refractivity contribution in [1.82, 2.24) is 9.97 Å². The van der Waals surface area contributed by atoms with Crippen molar-refractivity contribution in [2.45, 2.75) is 6.92 Å². The van der Waals surface area contributed by atoms with Gasteiger partial charge in [-0.25, -0.2) is 4.98 Å². The molecule has 0 unspecified atom stereocenters. The molecule has 0 aliphatic heterocycles. The molecular formula is C13H11N3OS. The molecule has 0 aliphatic carbocycles. The van der Waals surface area contributed by atoms with E-state index in [0.717, 1.165) is 16.8 Å². The Balaban J connectivity index is 2.73. The number of ether oxygens (including phenoxy) is 1. The fourth-order valence-electron chi connectivity index (χ4n) is 1.71. The highest BCUT2D eigenvalue weighted by molar-refractivity contribution is 7.71. The maximum absolute atomic E-state index is 8.96. The Morgan fingerprint density at radius 3 is 2.89 bits per heavy atom. The third-order valence-electron chi connectivity index (χ3n) is 2.60. The average molecular weight is 257 g/mol. The van der Waals surface area contributed by atoms with E-state index in [9.17, 15) is 0 Å². The maximum Gasteiger partial charge on any atom is 0.197 e. The minimum Gasteiger partial charge on any atom is -0.496 e. The van der Waals surface area contributed by atoms with Gasteiger partial charge in [0.05, 0.1) is 24.4 Å². The van der Waals surface area contributed by atoms with Crippen LogP contribution < -0.4 is 4.74 Å². The molecule has 1 aromatic heterocycles. The van der Waals surface area contributed by atoms with E-state index < -0.39 is 0 Å². The Kier molecular flexibility index (Phi) is 3.40.